The summed E-state index contributed by atoms with van der Waals surface area (Å²) in [6, 6.07) is 0. The molecule has 0 aromatic carbocycles. The monoisotopic (exact) mass is 381 g/mol. The average molecular weight is 381 g/mol. The van der Waals surface area contributed by atoms with Crippen molar-refractivity contribution in [2.24, 2.45) is 0 Å². The van der Waals surface area contributed by atoms with Gasteiger partial charge in [0, 0.05) is 33.2 Å². The van der Waals surface area contributed by atoms with E-state index in [1.54, 1.807) is 20.9 Å². The minimum atomic E-state index is -0.593. The second kappa shape index (κ2) is 18.4. The van der Waals surface area contributed by atoms with Gasteiger partial charge in [0.2, 0.25) is 5.91 Å². The molecule has 10 nitrogen and oxygen atoms in total. The average Bonchev–Trinajstić information content (AvgIpc) is 2.61. The van der Waals surface area contributed by atoms with E-state index in [9.17, 15) is 14.4 Å². The van der Waals surface area contributed by atoms with Crippen molar-refractivity contribution < 1.29 is 30.0 Å². The highest BCUT2D eigenvalue weighted by Crippen LogP contribution is 2.00. The van der Waals surface area contributed by atoms with Crippen LogP contribution in [0.3, 0.4) is 0 Å². The molecule has 11 heteroatoms. The molecule has 0 aromatic rings. The van der Waals surface area contributed by atoms with Crippen molar-refractivity contribution in [2.45, 2.75) is 32.8 Å². The summed E-state index contributed by atoms with van der Waals surface area (Å²) in [5.74, 6) is -0.0812. The third-order valence-corrected chi connectivity index (χ3v) is 2.62. The molecule has 0 aliphatic rings. The summed E-state index contributed by atoms with van der Waals surface area (Å²) in [7, 11) is 4.04. The number of ether oxygens (including phenoxy) is 3. The van der Waals surface area contributed by atoms with Gasteiger partial charge in [-0.05, 0) is 29.3 Å². The Hall–Kier alpha value is -1.93. The smallest absolute Gasteiger partial charge is 0.407 e. The first-order valence-corrected chi connectivity index (χ1v) is 8.33. The molecular weight excluding hydrogens is 351 g/mol. The number of carbonyl (C=O) groups is 3. The zero-order chi connectivity index (χ0) is 20.2. The van der Waals surface area contributed by atoms with E-state index in [-0.39, 0.29) is 25.7 Å². The van der Waals surface area contributed by atoms with Crippen molar-refractivity contribution in [3.63, 3.8) is 0 Å². The van der Waals surface area contributed by atoms with Crippen LogP contribution in [0, 0.1) is 5.15 Å². The fourth-order valence-electron chi connectivity index (χ4n) is 1.48. The molecule has 0 spiro atoms. The molecule has 0 rings (SSSR count). The van der Waals surface area contributed by atoms with Crippen molar-refractivity contribution in [3.05, 3.63) is 0 Å². The van der Waals surface area contributed by atoms with Crippen molar-refractivity contribution in [2.75, 3.05) is 40.0 Å². The maximum atomic E-state index is 11.3. The van der Waals surface area contributed by atoms with E-state index in [2.05, 4.69) is 30.1 Å². The lowest BCUT2D eigenvalue weighted by Gasteiger charge is -2.18. The van der Waals surface area contributed by atoms with E-state index in [4.69, 9.17) is 15.6 Å². The zero-order valence-electron chi connectivity index (χ0n) is 15.9. The number of rotatable bonds is 11. The van der Waals surface area contributed by atoms with Gasteiger partial charge in [0.15, 0.2) is 1.41 Å². The minimum Gasteiger partial charge on any atom is -0.447 e. The van der Waals surface area contributed by atoms with Gasteiger partial charge in [-0.15, -0.1) is 0 Å². The molecule has 0 aliphatic carbocycles. The fourth-order valence-corrected chi connectivity index (χ4v) is 1.48. The fraction of sp³-hybridized carbons (Fsp3) is 0.786. The first-order chi connectivity index (χ1) is 12.4. The lowest BCUT2D eigenvalue weighted by Crippen LogP contribution is -2.34. The largest absolute Gasteiger partial charge is 0.447 e. The molecule has 0 saturated carbocycles. The number of carbonyl (C=O) groups excluding carboxylic acids is 3. The Morgan fingerprint density at radius 2 is 1.60 bits per heavy atom. The Labute approximate surface area is 151 Å². The van der Waals surface area contributed by atoms with Crippen molar-refractivity contribution in [1.29, 1.82) is 5.15 Å². The summed E-state index contributed by atoms with van der Waals surface area (Å²) in [4.78, 5) is 33.7. The SMILES string of the molecule is CCNC(=O)OCC(COC(=O)NCC)OCCCC(=O)NC.[2H]N=P. The molecule has 0 radical (unpaired) electrons. The Morgan fingerprint density at radius 3 is 2.00 bits per heavy atom. The number of amides is 3. The quantitative estimate of drug-likeness (QED) is 0.314. The highest BCUT2D eigenvalue weighted by molar-refractivity contribution is 7.02. The number of nitrogens with one attached hydrogen (secondary N) is 4. The van der Waals surface area contributed by atoms with Gasteiger partial charge in [-0.2, -0.15) is 0 Å². The molecule has 0 saturated heterocycles. The van der Waals surface area contributed by atoms with Crippen LogP contribution in [0.2, 0.25) is 1.41 Å². The Morgan fingerprint density at radius 1 is 1.12 bits per heavy atom. The number of alkyl carbamates (subject to hydrolysis) is 2. The highest BCUT2D eigenvalue weighted by Gasteiger charge is 2.15. The Bertz CT molecular complexity index is 395. The second-order valence-electron chi connectivity index (χ2n) is 4.53. The lowest BCUT2D eigenvalue weighted by atomic mass is 10.3. The van der Waals surface area contributed by atoms with Crippen LogP contribution in [0.15, 0.2) is 0 Å². The first kappa shape index (κ1) is 23.1. The predicted octanol–water partition coefficient (Wildman–Crippen LogP) is 1.28. The molecule has 0 aromatic heterocycles. The van der Waals surface area contributed by atoms with Gasteiger partial charge in [0.05, 0.1) is 0 Å². The van der Waals surface area contributed by atoms with Gasteiger partial charge in [0.25, 0.3) is 0 Å². The molecule has 0 bridgehead atoms. The van der Waals surface area contributed by atoms with Crippen LogP contribution in [-0.2, 0) is 19.0 Å². The summed E-state index contributed by atoms with van der Waals surface area (Å²) in [6.07, 6.45) is -0.880. The molecule has 0 heterocycles. The Balaban J connectivity index is 0. The van der Waals surface area contributed by atoms with Gasteiger partial charge in [0.1, 0.15) is 19.3 Å². The molecule has 25 heavy (non-hydrogen) atoms. The molecule has 146 valence electrons. The second-order valence-corrected chi connectivity index (χ2v) is 4.53. The molecule has 0 atom stereocenters. The molecule has 0 aliphatic heterocycles. The van der Waals surface area contributed by atoms with Crippen LogP contribution < -0.4 is 16.0 Å². The van der Waals surface area contributed by atoms with Crippen LogP contribution in [0.5, 0.6) is 0 Å². The number of hydrogen-bond donors (Lipinski definition) is 4. The summed E-state index contributed by atoms with van der Waals surface area (Å²) in [6.45, 7) is 4.63. The van der Waals surface area contributed by atoms with Gasteiger partial charge < -0.3 is 30.2 Å². The normalized spacial score (nSPS) is 9.84. The summed E-state index contributed by atoms with van der Waals surface area (Å²) >= 11 is 0. The van der Waals surface area contributed by atoms with Crippen molar-refractivity contribution in [1.82, 2.24) is 16.0 Å². The third-order valence-electron chi connectivity index (χ3n) is 2.62. The van der Waals surface area contributed by atoms with E-state index in [0.717, 1.165) is 0 Å². The molecule has 3 amide bonds. The zero-order valence-corrected chi connectivity index (χ0v) is 15.9. The first-order valence-electron chi connectivity index (χ1n) is 8.33. The van der Waals surface area contributed by atoms with Crippen molar-refractivity contribution in [3.8, 4) is 0 Å². The van der Waals surface area contributed by atoms with Crippen molar-refractivity contribution >= 4 is 27.1 Å². The molecule has 4 N–H and O–H groups in total. The molecule has 0 fully saturated rings. The van der Waals surface area contributed by atoms with Crippen LogP contribution >= 0.6 is 9.03 Å². The minimum absolute atomic E-state index is 0.0504. The maximum absolute atomic E-state index is 11.3. The van der Waals surface area contributed by atoms with E-state index in [1.165, 1.54) is 0 Å². The van der Waals surface area contributed by atoms with E-state index in [0.29, 0.717) is 25.9 Å². The highest BCUT2D eigenvalue weighted by atomic mass is 31.0. The van der Waals surface area contributed by atoms with Gasteiger partial charge in [-0.1, -0.05) is 0 Å². The maximum Gasteiger partial charge on any atom is 0.407 e. The third kappa shape index (κ3) is 16.7. The predicted molar refractivity (Wildman–Crippen MR) is 94.1 cm³/mol. The topological polar surface area (TPSA) is 139 Å². The molecular formula is C14H29N4O6P. The van der Waals surface area contributed by atoms with E-state index in [1.807, 2.05) is 0 Å². The Kier molecular flexibility index (Phi) is 17.0. The van der Waals surface area contributed by atoms with Crippen LogP contribution in [-0.4, -0.2) is 64.2 Å². The van der Waals surface area contributed by atoms with Crippen LogP contribution in [0.4, 0.5) is 9.59 Å². The van der Waals surface area contributed by atoms with E-state index >= 15 is 0 Å². The number of hydrogen-bond acceptors (Lipinski definition) is 7. The van der Waals surface area contributed by atoms with Crippen LogP contribution in [0.25, 0.3) is 0 Å². The van der Waals surface area contributed by atoms with Crippen LogP contribution in [0.1, 0.15) is 26.7 Å². The molecule has 0 unspecified atom stereocenters. The lowest BCUT2D eigenvalue weighted by molar-refractivity contribution is -0.121. The standard InChI is InChI=1S/C14H27N3O6.H2NP/c1-4-16-13(19)22-9-11(10-23-14(20)17-5-2)21-8-6-7-12(18)15-3;1-2/h11H,4-10H2,1-3H3,(H,15,18)(H,16,19)(H,17,20);1-2H/i/hD. The van der Waals surface area contributed by atoms with Gasteiger partial charge >= 0.3 is 12.2 Å². The van der Waals surface area contributed by atoms with Gasteiger partial charge in [-0.25, -0.2) is 9.59 Å². The summed E-state index contributed by atoms with van der Waals surface area (Å²) in [5.41, 5.74) is 0. The summed E-state index contributed by atoms with van der Waals surface area (Å²) < 4.78 is 21.2. The van der Waals surface area contributed by atoms with Gasteiger partial charge in [-0.3, -0.25) is 9.95 Å². The van der Waals surface area contributed by atoms with E-state index < -0.39 is 18.3 Å². The summed E-state index contributed by atoms with van der Waals surface area (Å²) in [5, 5.41) is 10.0.